The van der Waals surface area contributed by atoms with Crippen molar-refractivity contribution >= 4 is 23.5 Å². The standard InChI is InChI=1S/C17H15ClN4O2/c1-2-24-16(23)12-8-20-17(21-9-12)22-14-5-10-3-13(18)4-11(7-19)15(10)6-14/h3-4,8-9,14H,2,5-6H2,1H3,(H,20,21,22). The molecule has 0 bridgehead atoms. The van der Waals surface area contributed by atoms with Crippen LogP contribution in [0.25, 0.3) is 0 Å². The quantitative estimate of drug-likeness (QED) is 0.859. The summed E-state index contributed by atoms with van der Waals surface area (Å²) in [5, 5.41) is 13.0. The van der Waals surface area contributed by atoms with Gasteiger partial charge in [-0.15, -0.1) is 0 Å². The van der Waals surface area contributed by atoms with Crippen LogP contribution in [0.15, 0.2) is 24.5 Å². The van der Waals surface area contributed by atoms with Gasteiger partial charge in [0.2, 0.25) is 5.95 Å². The number of carbonyl (C=O) groups is 1. The number of nitrogens with one attached hydrogen (secondary N) is 1. The minimum atomic E-state index is -0.439. The first-order valence-electron chi connectivity index (χ1n) is 7.57. The molecular formula is C17H15ClN4O2. The Balaban J connectivity index is 1.70. The molecule has 1 aliphatic rings. The van der Waals surface area contributed by atoms with Gasteiger partial charge in [-0.3, -0.25) is 0 Å². The Morgan fingerprint density at radius 2 is 2.17 bits per heavy atom. The largest absolute Gasteiger partial charge is 0.462 e. The summed E-state index contributed by atoms with van der Waals surface area (Å²) in [6, 6.07) is 5.85. The Kier molecular flexibility index (Phi) is 4.63. The molecular weight excluding hydrogens is 328 g/mol. The molecule has 1 aromatic heterocycles. The fourth-order valence-corrected chi connectivity index (χ4v) is 3.05. The Morgan fingerprint density at radius 1 is 1.42 bits per heavy atom. The lowest BCUT2D eigenvalue weighted by Crippen LogP contribution is -2.21. The SMILES string of the molecule is CCOC(=O)c1cnc(NC2Cc3cc(Cl)cc(C#N)c3C2)nc1. The molecule has 0 saturated heterocycles. The maximum absolute atomic E-state index is 11.6. The highest BCUT2D eigenvalue weighted by atomic mass is 35.5. The molecule has 1 N–H and O–H groups in total. The number of ether oxygens (including phenoxy) is 1. The molecule has 6 nitrogen and oxygen atoms in total. The van der Waals surface area contributed by atoms with Crippen molar-refractivity contribution in [1.29, 1.82) is 5.26 Å². The van der Waals surface area contributed by atoms with Crippen LogP contribution >= 0.6 is 11.6 Å². The van der Waals surface area contributed by atoms with Gasteiger partial charge in [-0.05, 0) is 43.0 Å². The summed E-state index contributed by atoms with van der Waals surface area (Å²) in [7, 11) is 0. The second-order valence-corrected chi connectivity index (χ2v) is 5.90. The van der Waals surface area contributed by atoms with Crippen molar-refractivity contribution in [2.75, 3.05) is 11.9 Å². The second-order valence-electron chi connectivity index (χ2n) is 5.47. The zero-order valence-electron chi connectivity index (χ0n) is 13.0. The fourth-order valence-electron chi connectivity index (χ4n) is 2.81. The Labute approximate surface area is 144 Å². The van der Waals surface area contributed by atoms with Crippen LogP contribution < -0.4 is 5.32 Å². The Morgan fingerprint density at radius 3 is 2.83 bits per heavy atom. The first-order chi connectivity index (χ1) is 11.6. The molecule has 0 saturated carbocycles. The first-order valence-corrected chi connectivity index (χ1v) is 7.95. The summed E-state index contributed by atoms with van der Waals surface area (Å²) in [6.07, 6.45) is 4.33. The molecule has 0 amide bonds. The van der Waals surface area contributed by atoms with Gasteiger partial charge in [0.05, 0.1) is 23.8 Å². The lowest BCUT2D eigenvalue weighted by Gasteiger charge is -2.11. The molecule has 1 heterocycles. The highest BCUT2D eigenvalue weighted by Crippen LogP contribution is 2.29. The van der Waals surface area contributed by atoms with Gasteiger partial charge in [0, 0.05) is 23.5 Å². The van der Waals surface area contributed by atoms with Crippen molar-refractivity contribution in [3.8, 4) is 6.07 Å². The zero-order chi connectivity index (χ0) is 17.1. The molecule has 0 spiro atoms. The molecule has 0 aliphatic heterocycles. The Bertz CT molecular complexity index is 815. The monoisotopic (exact) mass is 342 g/mol. The van der Waals surface area contributed by atoms with Gasteiger partial charge in [0.15, 0.2) is 0 Å². The van der Waals surface area contributed by atoms with Crippen LogP contribution in [0.3, 0.4) is 0 Å². The highest BCUT2D eigenvalue weighted by Gasteiger charge is 2.25. The maximum Gasteiger partial charge on any atom is 0.341 e. The number of hydrogen-bond acceptors (Lipinski definition) is 6. The minimum absolute atomic E-state index is 0.0824. The first kappa shape index (κ1) is 16.2. The number of hydrogen-bond donors (Lipinski definition) is 1. The summed E-state index contributed by atoms with van der Waals surface area (Å²) >= 11 is 6.05. The average molecular weight is 343 g/mol. The number of halogens is 1. The Hall–Kier alpha value is -2.65. The smallest absolute Gasteiger partial charge is 0.341 e. The lowest BCUT2D eigenvalue weighted by atomic mass is 10.0. The molecule has 0 radical (unpaired) electrons. The molecule has 1 aliphatic carbocycles. The van der Waals surface area contributed by atoms with Crippen LogP contribution in [-0.4, -0.2) is 28.6 Å². The predicted octanol–water partition coefficient (Wildman–Crippen LogP) is 2.76. The molecule has 1 atom stereocenters. The van der Waals surface area contributed by atoms with E-state index < -0.39 is 5.97 Å². The normalized spacial score (nSPS) is 15.5. The summed E-state index contributed by atoms with van der Waals surface area (Å²) in [5.74, 6) is -0.00363. The summed E-state index contributed by atoms with van der Waals surface area (Å²) in [6.45, 7) is 2.05. The number of nitrogens with zero attached hydrogens (tertiary/aromatic N) is 3. The number of nitriles is 1. The highest BCUT2D eigenvalue weighted by molar-refractivity contribution is 6.30. The van der Waals surface area contributed by atoms with Gasteiger partial charge in [0.25, 0.3) is 0 Å². The van der Waals surface area contributed by atoms with Gasteiger partial charge in [-0.25, -0.2) is 14.8 Å². The third-order valence-electron chi connectivity index (χ3n) is 3.84. The van der Waals surface area contributed by atoms with E-state index in [9.17, 15) is 10.1 Å². The minimum Gasteiger partial charge on any atom is -0.462 e. The average Bonchev–Trinajstić information content (AvgIpc) is 2.97. The second kappa shape index (κ2) is 6.85. The third-order valence-corrected chi connectivity index (χ3v) is 4.06. The molecule has 1 aromatic carbocycles. The van der Waals surface area contributed by atoms with Gasteiger partial charge in [-0.2, -0.15) is 5.26 Å². The van der Waals surface area contributed by atoms with Crippen molar-refractivity contribution in [3.63, 3.8) is 0 Å². The van der Waals surface area contributed by atoms with E-state index in [4.69, 9.17) is 16.3 Å². The van der Waals surface area contributed by atoms with E-state index in [1.807, 2.05) is 6.07 Å². The number of esters is 1. The van der Waals surface area contributed by atoms with Gasteiger partial charge in [-0.1, -0.05) is 11.6 Å². The molecule has 3 rings (SSSR count). The number of aromatic nitrogens is 2. The van der Waals surface area contributed by atoms with Gasteiger partial charge < -0.3 is 10.1 Å². The van der Waals surface area contributed by atoms with E-state index >= 15 is 0 Å². The van der Waals surface area contributed by atoms with E-state index in [0.29, 0.717) is 35.1 Å². The van der Waals surface area contributed by atoms with Crippen LogP contribution in [0.2, 0.25) is 5.02 Å². The van der Waals surface area contributed by atoms with E-state index in [1.54, 1.807) is 13.0 Å². The third kappa shape index (κ3) is 3.31. The lowest BCUT2D eigenvalue weighted by molar-refractivity contribution is 0.0525. The number of fused-ring (bicyclic) bond motifs is 1. The topological polar surface area (TPSA) is 87.9 Å². The van der Waals surface area contributed by atoms with Gasteiger partial charge in [0.1, 0.15) is 0 Å². The summed E-state index contributed by atoms with van der Waals surface area (Å²) < 4.78 is 4.90. The van der Waals surface area contributed by atoms with E-state index in [1.165, 1.54) is 12.4 Å². The van der Waals surface area contributed by atoms with Crippen LogP contribution in [0, 0.1) is 11.3 Å². The number of carbonyl (C=O) groups excluding carboxylic acids is 1. The van der Waals surface area contributed by atoms with Crippen molar-refractivity contribution in [2.24, 2.45) is 0 Å². The van der Waals surface area contributed by atoms with Crippen LogP contribution in [0.1, 0.15) is 34.0 Å². The number of benzene rings is 1. The molecule has 7 heteroatoms. The molecule has 24 heavy (non-hydrogen) atoms. The molecule has 122 valence electrons. The molecule has 1 unspecified atom stereocenters. The molecule has 2 aromatic rings. The zero-order valence-corrected chi connectivity index (χ0v) is 13.8. The van der Waals surface area contributed by atoms with Crippen LogP contribution in [0.4, 0.5) is 5.95 Å². The molecule has 0 fully saturated rings. The van der Waals surface area contributed by atoms with E-state index in [-0.39, 0.29) is 6.04 Å². The summed E-state index contributed by atoms with van der Waals surface area (Å²) in [5.41, 5.74) is 3.01. The van der Waals surface area contributed by atoms with Gasteiger partial charge >= 0.3 is 5.97 Å². The number of anilines is 1. The van der Waals surface area contributed by atoms with Crippen molar-refractivity contribution in [2.45, 2.75) is 25.8 Å². The fraction of sp³-hybridized carbons (Fsp3) is 0.294. The van der Waals surface area contributed by atoms with Crippen molar-refractivity contribution in [1.82, 2.24) is 9.97 Å². The van der Waals surface area contributed by atoms with Crippen LogP contribution in [0.5, 0.6) is 0 Å². The van der Waals surface area contributed by atoms with Crippen molar-refractivity contribution in [3.05, 3.63) is 51.8 Å². The van der Waals surface area contributed by atoms with Crippen LogP contribution in [-0.2, 0) is 17.6 Å². The maximum atomic E-state index is 11.6. The van der Waals surface area contributed by atoms with Crippen molar-refractivity contribution < 1.29 is 9.53 Å². The number of rotatable bonds is 4. The predicted molar refractivity (Wildman–Crippen MR) is 89.0 cm³/mol. The van der Waals surface area contributed by atoms with E-state index in [0.717, 1.165) is 17.5 Å². The summed E-state index contributed by atoms with van der Waals surface area (Å²) in [4.78, 5) is 19.9. The van der Waals surface area contributed by atoms with E-state index in [2.05, 4.69) is 21.4 Å².